The van der Waals surface area contributed by atoms with E-state index in [1.807, 2.05) is 6.07 Å². The number of halogens is 1. The zero-order valence-corrected chi connectivity index (χ0v) is 21.3. The van der Waals surface area contributed by atoms with Crippen molar-refractivity contribution in [3.05, 3.63) is 59.0 Å². The molecular weight excluding hydrogens is 526 g/mol. The van der Waals surface area contributed by atoms with Crippen molar-refractivity contribution in [1.29, 1.82) is 0 Å². The minimum Gasteiger partial charge on any atom is -0.394 e. The molecule has 36 heavy (non-hydrogen) atoms. The number of ether oxygens (including phenoxy) is 2. The van der Waals surface area contributed by atoms with Gasteiger partial charge in [-0.05, 0) is 18.2 Å². The number of nitrogens with two attached hydrogens (primary N) is 1. The molecule has 188 valence electrons. The van der Waals surface area contributed by atoms with E-state index in [2.05, 4.69) is 37.9 Å². The predicted molar refractivity (Wildman–Crippen MR) is 137 cm³/mol. The Kier molecular flexibility index (Phi) is 6.96. The molecule has 1 saturated heterocycles. The Bertz CT molecular complexity index is 1360. The van der Waals surface area contributed by atoms with Gasteiger partial charge in [-0.15, -0.1) is 29.1 Å². The van der Waals surface area contributed by atoms with Crippen LogP contribution in [0.3, 0.4) is 0 Å². The highest BCUT2D eigenvalue weighted by Gasteiger charge is 2.60. The molecule has 4 N–H and O–H groups in total. The van der Waals surface area contributed by atoms with Crippen LogP contribution in [-0.4, -0.2) is 77.6 Å². The number of pyridine rings is 2. The molecular formula is C22H22ClN7O4S2. The number of methoxy groups -OCH3 is 1. The van der Waals surface area contributed by atoms with E-state index < -0.39 is 35.9 Å². The summed E-state index contributed by atoms with van der Waals surface area (Å²) in [6.07, 6.45) is 3.06. The van der Waals surface area contributed by atoms with Crippen LogP contribution in [0.1, 0.15) is 5.56 Å². The number of aliphatic hydroxyl groups is 2. The van der Waals surface area contributed by atoms with Gasteiger partial charge in [-0.25, -0.2) is 9.67 Å². The van der Waals surface area contributed by atoms with Crippen LogP contribution >= 0.6 is 35.6 Å². The van der Waals surface area contributed by atoms with Crippen molar-refractivity contribution in [2.75, 3.05) is 19.5 Å². The van der Waals surface area contributed by atoms with Crippen molar-refractivity contribution >= 4 is 40.7 Å². The zero-order valence-electron chi connectivity index (χ0n) is 18.8. The first-order chi connectivity index (χ1) is 17.4. The summed E-state index contributed by atoms with van der Waals surface area (Å²) in [5, 5.41) is 33.1. The average molecular weight is 548 g/mol. The smallest absolute Gasteiger partial charge is 0.180 e. The largest absolute Gasteiger partial charge is 0.394 e. The van der Waals surface area contributed by atoms with Gasteiger partial charge < -0.3 is 25.4 Å². The lowest BCUT2D eigenvalue weighted by Gasteiger charge is -2.51. The van der Waals surface area contributed by atoms with Gasteiger partial charge in [0.25, 0.3) is 0 Å². The molecule has 0 unspecified atom stereocenters. The van der Waals surface area contributed by atoms with Gasteiger partial charge in [-0.2, -0.15) is 0 Å². The van der Waals surface area contributed by atoms with E-state index >= 15 is 0 Å². The third-order valence-corrected chi connectivity index (χ3v) is 7.39. The maximum atomic E-state index is 11.8. The highest BCUT2D eigenvalue weighted by molar-refractivity contribution is 7.80. The first-order valence-electron chi connectivity index (χ1n) is 10.8. The molecule has 0 aliphatic carbocycles. The summed E-state index contributed by atoms with van der Waals surface area (Å²) in [5.41, 5.74) is 5.94. The molecule has 4 aromatic rings. The molecule has 1 aliphatic heterocycles. The number of rotatable bonds is 6. The summed E-state index contributed by atoms with van der Waals surface area (Å²) >= 11 is 12.3. The van der Waals surface area contributed by atoms with Crippen LogP contribution in [0.5, 0.6) is 0 Å². The van der Waals surface area contributed by atoms with Gasteiger partial charge in [-0.3, -0.25) is 9.97 Å². The van der Waals surface area contributed by atoms with Gasteiger partial charge in [0.1, 0.15) is 40.7 Å². The van der Waals surface area contributed by atoms with Crippen LogP contribution in [0.4, 0.5) is 5.13 Å². The van der Waals surface area contributed by atoms with E-state index in [9.17, 15) is 10.2 Å². The summed E-state index contributed by atoms with van der Waals surface area (Å²) in [7, 11) is 1.47. The van der Waals surface area contributed by atoms with E-state index in [-0.39, 0.29) is 0 Å². The maximum Gasteiger partial charge on any atom is 0.180 e. The topological polar surface area (TPSA) is 154 Å². The zero-order chi connectivity index (χ0) is 25.4. The van der Waals surface area contributed by atoms with Crippen LogP contribution < -0.4 is 5.73 Å². The molecule has 14 heteroatoms. The van der Waals surface area contributed by atoms with Gasteiger partial charge in [0, 0.05) is 42.2 Å². The average Bonchev–Trinajstić information content (AvgIpc) is 3.55. The number of thiazole rings is 1. The third kappa shape index (κ3) is 4.06. The van der Waals surface area contributed by atoms with Crippen LogP contribution in [0.15, 0.2) is 48.4 Å². The Hall–Kier alpha value is -2.65. The minimum atomic E-state index is -1.54. The summed E-state index contributed by atoms with van der Waals surface area (Å²) in [5.74, 6) is 0. The number of anilines is 1. The first-order valence-corrected chi connectivity index (χ1v) is 12.5. The molecule has 0 aromatic carbocycles. The van der Waals surface area contributed by atoms with Gasteiger partial charge in [0.05, 0.1) is 23.5 Å². The molecule has 5 heterocycles. The normalized spacial score (nSPS) is 26.2. The Morgan fingerprint density at radius 3 is 2.86 bits per heavy atom. The standard InChI is InChI=1S/C22H22ClN7O4S2/c1-33-19-20(35)34-16(9-31)18(32)22(19,30-8-14(28-29-30)15-10-36-21(24)27-15)13-5-12(23)7-26-17(13)11-3-2-4-25-6-11/h2-8,10,16,18-20,31-32,35H,9H2,1H3,(H2,24,27)/t16-,18+,19+,20-,22+/m0/s1. The van der Waals surface area contributed by atoms with E-state index in [0.29, 0.717) is 38.4 Å². The van der Waals surface area contributed by atoms with Crippen molar-refractivity contribution < 1.29 is 19.7 Å². The molecule has 0 spiro atoms. The number of thiol groups is 1. The number of nitrogen functional groups attached to an aromatic ring is 1. The lowest BCUT2D eigenvalue weighted by Crippen LogP contribution is -2.68. The van der Waals surface area contributed by atoms with E-state index in [4.69, 9.17) is 26.8 Å². The van der Waals surface area contributed by atoms with Crippen molar-refractivity contribution in [3.63, 3.8) is 0 Å². The van der Waals surface area contributed by atoms with Crippen LogP contribution in [0.25, 0.3) is 22.6 Å². The molecule has 5 atom stereocenters. The summed E-state index contributed by atoms with van der Waals surface area (Å²) in [6.45, 7) is -0.489. The van der Waals surface area contributed by atoms with Gasteiger partial charge in [0.2, 0.25) is 0 Å². The highest BCUT2D eigenvalue weighted by atomic mass is 35.5. The summed E-state index contributed by atoms with van der Waals surface area (Å²) < 4.78 is 13.2. The van der Waals surface area contributed by atoms with Crippen molar-refractivity contribution in [2.45, 2.75) is 29.3 Å². The van der Waals surface area contributed by atoms with Crippen LogP contribution in [0, 0.1) is 0 Å². The van der Waals surface area contributed by atoms with Crippen molar-refractivity contribution in [3.8, 4) is 22.6 Å². The van der Waals surface area contributed by atoms with E-state index in [1.165, 1.54) is 29.3 Å². The molecule has 0 bridgehead atoms. The molecule has 1 aliphatic rings. The van der Waals surface area contributed by atoms with Gasteiger partial charge >= 0.3 is 0 Å². The fourth-order valence-electron chi connectivity index (χ4n) is 4.58. The monoisotopic (exact) mass is 547 g/mol. The van der Waals surface area contributed by atoms with Crippen molar-refractivity contribution in [1.82, 2.24) is 29.9 Å². The fraction of sp³-hybridized carbons (Fsp3) is 0.318. The number of nitrogens with zero attached hydrogens (tertiary/aromatic N) is 6. The van der Waals surface area contributed by atoms with Crippen LogP contribution in [0.2, 0.25) is 5.02 Å². The van der Waals surface area contributed by atoms with E-state index in [0.717, 1.165) is 0 Å². The Labute approximate surface area is 220 Å². The predicted octanol–water partition coefficient (Wildman–Crippen LogP) is 1.86. The molecule has 4 aromatic heterocycles. The number of hydrogen-bond acceptors (Lipinski definition) is 12. The molecule has 0 saturated carbocycles. The minimum absolute atomic E-state index is 0.314. The molecule has 5 rings (SSSR count). The molecule has 0 radical (unpaired) electrons. The Morgan fingerprint density at radius 2 is 2.19 bits per heavy atom. The summed E-state index contributed by atoms with van der Waals surface area (Å²) in [4.78, 5) is 13.1. The van der Waals surface area contributed by atoms with Gasteiger partial charge in [0.15, 0.2) is 5.13 Å². The first kappa shape index (κ1) is 25.0. The molecule has 1 fully saturated rings. The second-order valence-corrected chi connectivity index (χ2v) is 9.92. The Balaban J connectivity index is 1.83. The second-order valence-electron chi connectivity index (χ2n) is 8.08. The lowest BCUT2D eigenvalue weighted by atomic mass is 9.74. The number of aromatic nitrogens is 6. The Morgan fingerprint density at radius 1 is 1.36 bits per heavy atom. The highest BCUT2D eigenvalue weighted by Crippen LogP contribution is 2.47. The SMILES string of the molecule is CO[C@@H]1[C@H](S)O[C@@H](CO)[C@@H](O)[C@@]1(c1cc(Cl)cnc1-c1cccnc1)n1cc(-c2csc(N)n2)nn1. The van der Waals surface area contributed by atoms with Crippen molar-refractivity contribution in [2.24, 2.45) is 0 Å². The third-order valence-electron chi connectivity index (χ3n) is 6.12. The number of aliphatic hydroxyl groups excluding tert-OH is 2. The quantitative estimate of drug-likeness (QED) is 0.263. The molecule has 0 amide bonds. The second kappa shape index (κ2) is 10.0. The summed E-state index contributed by atoms with van der Waals surface area (Å²) in [6, 6.07) is 5.28. The van der Waals surface area contributed by atoms with Gasteiger partial charge in [-0.1, -0.05) is 16.8 Å². The van der Waals surface area contributed by atoms with Crippen LogP contribution in [-0.2, 0) is 15.0 Å². The van der Waals surface area contributed by atoms with E-state index in [1.54, 1.807) is 36.1 Å². The number of hydrogen-bond donors (Lipinski definition) is 4. The fourth-order valence-corrected chi connectivity index (χ4v) is 5.80. The lowest BCUT2D eigenvalue weighted by molar-refractivity contribution is -0.213. The molecule has 11 nitrogen and oxygen atoms in total. The maximum absolute atomic E-state index is 11.8.